The lowest BCUT2D eigenvalue weighted by molar-refractivity contribution is -0.122. The van der Waals surface area contributed by atoms with Crippen LogP contribution in [0.5, 0.6) is 5.75 Å². The Bertz CT molecular complexity index is 1170. The molecule has 4 rings (SSSR count). The first kappa shape index (κ1) is 20.4. The molecule has 31 heavy (non-hydrogen) atoms. The number of anilines is 2. The van der Waals surface area contributed by atoms with Crippen molar-refractivity contribution in [3.05, 3.63) is 66.2 Å². The number of ether oxygens (including phenoxy) is 2. The number of carbonyl (C=O) groups is 3. The molecule has 3 aromatic rings. The summed E-state index contributed by atoms with van der Waals surface area (Å²) in [4.78, 5) is 39.4. The third kappa shape index (κ3) is 3.94. The van der Waals surface area contributed by atoms with E-state index in [1.54, 1.807) is 56.5 Å². The van der Waals surface area contributed by atoms with Crippen LogP contribution in [0.3, 0.4) is 0 Å². The number of para-hydroxylation sites is 2. The highest BCUT2D eigenvalue weighted by molar-refractivity contribution is 6.08. The van der Waals surface area contributed by atoms with Gasteiger partial charge in [-0.2, -0.15) is 0 Å². The number of amides is 2. The van der Waals surface area contributed by atoms with Gasteiger partial charge in [-0.3, -0.25) is 9.59 Å². The van der Waals surface area contributed by atoms with E-state index in [1.807, 2.05) is 18.2 Å². The van der Waals surface area contributed by atoms with Crippen molar-refractivity contribution >= 4 is 39.9 Å². The van der Waals surface area contributed by atoms with E-state index in [1.165, 1.54) is 4.90 Å². The first-order chi connectivity index (χ1) is 15.0. The van der Waals surface area contributed by atoms with E-state index in [0.29, 0.717) is 28.1 Å². The fourth-order valence-electron chi connectivity index (χ4n) is 3.87. The van der Waals surface area contributed by atoms with Crippen LogP contribution in [-0.2, 0) is 14.3 Å². The van der Waals surface area contributed by atoms with E-state index >= 15 is 0 Å². The molecule has 0 saturated heterocycles. The van der Waals surface area contributed by atoms with Gasteiger partial charge in [0.25, 0.3) is 5.91 Å². The monoisotopic (exact) mass is 418 g/mol. The van der Waals surface area contributed by atoms with Crippen LogP contribution in [0.4, 0.5) is 11.4 Å². The van der Waals surface area contributed by atoms with Crippen molar-refractivity contribution in [2.45, 2.75) is 19.4 Å². The quantitative estimate of drug-likeness (QED) is 0.652. The highest BCUT2D eigenvalue weighted by Gasteiger charge is 2.30. The molecule has 0 radical (unpaired) electrons. The number of benzene rings is 3. The average molecular weight is 418 g/mol. The normalized spacial score (nSPS) is 15.6. The van der Waals surface area contributed by atoms with Gasteiger partial charge in [-0.05, 0) is 36.6 Å². The number of hydrogen-bond donors (Lipinski definition) is 1. The summed E-state index contributed by atoms with van der Waals surface area (Å²) < 4.78 is 10.7. The number of nitrogens with one attached hydrogen (secondary N) is 1. The van der Waals surface area contributed by atoms with Gasteiger partial charge in [-0.15, -0.1) is 0 Å². The fraction of sp³-hybridized carbons (Fsp3) is 0.208. The molecule has 1 atom stereocenters. The number of fused-ring (bicyclic) bond motifs is 2. The van der Waals surface area contributed by atoms with Crippen molar-refractivity contribution in [1.82, 2.24) is 0 Å². The highest BCUT2D eigenvalue weighted by atomic mass is 16.5. The molecule has 0 unspecified atom stereocenters. The SMILES string of the molecule is COc1ccc(C(=O)OCC(=O)N2c3ccccc3NC(=O)C[C@@H]2C)c2ccccc12. The van der Waals surface area contributed by atoms with Crippen LogP contribution in [0.15, 0.2) is 60.7 Å². The van der Waals surface area contributed by atoms with Crippen molar-refractivity contribution < 1.29 is 23.9 Å². The second kappa shape index (κ2) is 8.47. The van der Waals surface area contributed by atoms with Crippen LogP contribution >= 0.6 is 0 Å². The minimum atomic E-state index is -0.600. The van der Waals surface area contributed by atoms with Gasteiger partial charge in [0, 0.05) is 17.8 Å². The molecule has 0 aliphatic carbocycles. The summed E-state index contributed by atoms with van der Waals surface area (Å²) in [5.74, 6) is -0.521. The second-order valence-electron chi connectivity index (χ2n) is 7.32. The van der Waals surface area contributed by atoms with Gasteiger partial charge in [0.1, 0.15) is 5.75 Å². The summed E-state index contributed by atoms with van der Waals surface area (Å²) in [5.41, 5.74) is 1.49. The third-order valence-electron chi connectivity index (χ3n) is 5.28. The fourth-order valence-corrected chi connectivity index (χ4v) is 3.87. The van der Waals surface area contributed by atoms with Crippen LogP contribution < -0.4 is 15.0 Å². The van der Waals surface area contributed by atoms with E-state index in [9.17, 15) is 14.4 Å². The molecule has 0 aromatic heterocycles. The van der Waals surface area contributed by atoms with E-state index < -0.39 is 18.5 Å². The van der Waals surface area contributed by atoms with Gasteiger partial charge in [0.15, 0.2) is 6.61 Å². The Balaban J connectivity index is 1.56. The molecule has 0 saturated carbocycles. The van der Waals surface area contributed by atoms with E-state index in [4.69, 9.17) is 9.47 Å². The maximum Gasteiger partial charge on any atom is 0.339 e. The van der Waals surface area contributed by atoms with Crippen LogP contribution in [-0.4, -0.2) is 37.5 Å². The largest absolute Gasteiger partial charge is 0.496 e. The smallest absolute Gasteiger partial charge is 0.339 e. The number of nitrogens with zero attached hydrogens (tertiary/aromatic N) is 1. The molecule has 158 valence electrons. The first-order valence-electron chi connectivity index (χ1n) is 9.93. The topological polar surface area (TPSA) is 84.9 Å². The van der Waals surface area contributed by atoms with Crippen molar-refractivity contribution in [2.75, 3.05) is 23.9 Å². The Kier molecular flexibility index (Phi) is 5.58. The molecule has 3 aromatic carbocycles. The third-order valence-corrected chi connectivity index (χ3v) is 5.28. The van der Waals surface area contributed by atoms with Gasteiger partial charge in [-0.1, -0.05) is 36.4 Å². The molecule has 1 heterocycles. The maximum atomic E-state index is 13.0. The molecule has 0 fully saturated rings. The molecular weight excluding hydrogens is 396 g/mol. The number of methoxy groups -OCH3 is 1. The standard InChI is InChI=1S/C24H22N2O5/c1-15-13-22(27)25-19-9-5-6-10-20(19)26(15)23(28)14-31-24(29)18-11-12-21(30-2)17-8-4-3-7-16(17)18/h3-12,15H,13-14H2,1-2H3,(H,25,27)/t15-/m0/s1. The van der Waals surface area contributed by atoms with Crippen LogP contribution in [0, 0.1) is 0 Å². The molecule has 1 aliphatic heterocycles. The lowest BCUT2D eigenvalue weighted by Gasteiger charge is -2.27. The number of esters is 1. The van der Waals surface area contributed by atoms with Crippen molar-refractivity contribution in [3.63, 3.8) is 0 Å². The predicted octanol–water partition coefficient (Wildman–Crippen LogP) is 3.77. The van der Waals surface area contributed by atoms with Gasteiger partial charge in [0.2, 0.25) is 5.91 Å². The van der Waals surface area contributed by atoms with Gasteiger partial charge < -0.3 is 19.7 Å². The molecule has 1 N–H and O–H groups in total. The summed E-state index contributed by atoms with van der Waals surface area (Å²) >= 11 is 0. The molecule has 7 nitrogen and oxygen atoms in total. The molecule has 2 amide bonds. The summed E-state index contributed by atoms with van der Waals surface area (Å²) in [7, 11) is 1.57. The maximum absolute atomic E-state index is 13.0. The predicted molar refractivity (Wildman–Crippen MR) is 117 cm³/mol. The summed E-state index contributed by atoms with van der Waals surface area (Å²) in [6.07, 6.45) is 0.150. The minimum Gasteiger partial charge on any atom is -0.496 e. The molecule has 0 spiro atoms. The second-order valence-corrected chi connectivity index (χ2v) is 7.32. The van der Waals surface area contributed by atoms with Gasteiger partial charge in [-0.25, -0.2) is 4.79 Å². The number of carbonyl (C=O) groups excluding carboxylic acids is 3. The van der Waals surface area contributed by atoms with Gasteiger partial charge in [0.05, 0.1) is 24.0 Å². The summed E-state index contributed by atoms with van der Waals surface area (Å²) in [6.45, 7) is 1.35. The Morgan fingerprint density at radius 3 is 2.52 bits per heavy atom. The molecular formula is C24H22N2O5. The van der Waals surface area contributed by atoms with E-state index in [2.05, 4.69) is 5.32 Å². The van der Waals surface area contributed by atoms with Crippen LogP contribution in [0.1, 0.15) is 23.7 Å². The minimum absolute atomic E-state index is 0.150. The molecule has 0 bridgehead atoms. The van der Waals surface area contributed by atoms with Gasteiger partial charge >= 0.3 is 5.97 Å². The Hall–Kier alpha value is -3.87. The highest BCUT2D eigenvalue weighted by Crippen LogP contribution is 2.32. The zero-order valence-corrected chi connectivity index (χ0v) is 17.3. The average Bonchev–Trinajstić information content (AvgIpc) is 2.90. The lowest BCUT2D eigenvalue weighted by Crippen LogP contribution is -2.41. The lowest BCUT2D eigenvalue weighted by atomic mass is 10.0. The van der Waals surface area contributed by atoms with E-state index in [-0.39, 0.29) is 18.4 Å². The zero-order chi connectivity index (χ0) is 22.0. The number of hydrogen-bond acceptors (Lipinski definition) is 5. The Labute approximate surface area is 179 Å². The van der Waals surface area contributed by atoms with Crippen molar-refractivity contribution in [2.24, 2.45) is 0 Å². The Morgan fingerprint density at radius 2 is 1.74 bits per heavy atom. The van der Waals surface area contributed by atoms with Crippen molar-refractivity contribution in [3.8, 4) is 5.75 Å². The summed E-state index contributed by atoms with van der Waals surface area (Å²) in [6, 6.07) is 17.4. The van der Waals surface area contributed by atoms with Crippen LogP contribution in [0.25, 0.3) is 10.8 Å². The van der Waals surface area contributed by atoms with E-state index in [0.717, 1.165) is 5.39 Å². The number of rotatable bonds is 4. The summed E-state index contributed by atoms with van der Waals surface area (Å²) in [5, 5.41) is 4.27. The first-order valence-corrected chi connectivity index (χ1v) is 9.93. The molecule has 7 heteroatoms. The van der Waals surface area contributed by atoms with Crippen LogP contribution in [0.2, 0.25) is 0 Å². The Morgan fingerprint density at radius 1 is 1.03 bits per heavy atom. The molecule has 1 aliphatic rings. The zero-order valence-electron chi connectivity index (χ0n) is 17.3. The van der Waals surface area contributed by atoms with Crippen molar-refractivity contribution in [1.29, 1.82) is 0 Å².